The Kier molecular flexibility index (Phi) is 3.04. The fourth-order valence-electron chi connectivity index (χ4n) is 0.303. The first-order chi connectivity index (χ1) is 5.27. The van der Waals surface area contributed by atoms with E-state index in [1.807, 2.05) is 0 Å². The third-order valence-electron chi connectivity index (χ3n) is 0.641. The summed E-state index contributed by atoms with van der Waals surface area (Å²) < 4.78 is 24.7. The predicted octanol–water partition coefficient (Wildman–Crippen LogP) is -3.75. The van der Waals surface area contributed by atoms with Crippen LogP contribution in [-0.2, 0) is 23.0 Å². The molecule has 0 aliphatic heterocycles. The van der Waals surface area contributed by atoms with Crippen LogP contribution in [0, 0.1) is 0 Å². The van der Waals surface area contributed by atoms with Gasteiger partial charge in [-0.2, -0.15) is 8.42 Å². The highest BCUT2D eigenvalue weighted by Gasteiger charge is 2.10. The normalized spacial score (nSPS) is 10.3. The SMILES string of the molecule is NC(N)=NS(=O)(=O)[N+]([S-])=C(N)N. The van der Waals surface area contributed by atoms with Crippen LogP contribution in [0.1, 0.15) is 0 Å². The third kappa shape index (κ3) is 2.75. The first kappa shape index (κ1) is 10.7. The van der Waals surface area contributed by atoms with E-state index in [-0.39, 0.29) is 3.39 Å². The van der Waals surface area contributed by atoms with Crippen molar-refractivity contribution >= 4 is 34.9 Å². The molecule has 70 valence electrons. The van der Waals surface area contributed by atoms with Crippen LogP contribution in [0.2, 0.25) is 0 Å². The van der Waals surface area contributed by atoms with Gasteiger partial charge in [-0.25, -0.2) is 0 Å². The molecular weight excluding hydrogens is 204 g/mol. The van der Waals surface area contributed by atoms with Crippen LogP contribution in [0.3, 0.4) is 0 Å². The highest BCUT2D eigenvalue weighted by molar-refractivity contribution is 7.88. The van der Waals surface area contributed by atoms with E-state index >= 15 is 0 Å². The summed E-state index contributed by atoms with van der Waals surface area (Å²) in [5, 5.41) is 0. The lowest BCUT2D eigenvalue weighted by Gasteiger charge is -2.08. The second-order valence-corrected chi connectivity index (χ2v) is 3.69. The molecule has 8 nitrogen and oxygen atoms in total. The lowest BCUT2D eigenvalue weighted by atomic mass is 11.1. The number of nitrogens with zero attached hydrogens (tertiary/aromatic N) is 2. The van der Waals surface area contributed by atoms with Crippen LogP contribution in [-0.4, -0.2) is 23.7 Å². The van der Waals surface area contributed by atoms with E-state index in [9.17, 15) is 8.42 Å². The Morgan fingerprint density at radius 3 is 1.92 bits per heavy atom. The summed E-state index contributed by atoms with van der Waals surface area (Å²) in [6.45, 7) is 0. The van der Waals surface area contributed by atoms with Crippen molar-refractivity contribution in [1.82, 2.24) is 0 Å². The summed E-state index contributed by atoms with van der Waals surface area (Å²) in [6, 6.07) is 0. The Labute approximate surface area is 74.7 Å². The fraction of sp³-hybridized carbons (Fsp3) is 0. The summed E-state index contributed by atoms with van der Waals surface area (Å²) in [4.78, 5) is 0. The van der Waals surface area contributed by atoms with Gasteiger partial charge in [0.1, 0.15) is 0 Å². The first-order valence-electron chi connectivity index (χ1n) is 2.48. The van der Waals surface area contributed by atoms with Gasteiger partial charge in [-0.05, 0) is 0 Å². The van der Waals surface area contributed by atoms with E-state index in [0.717, 1.165) is 0 Å². The molecule has 0 saturated heterocycles. The third-order valence-corrected chi connectivity index (χ3v) is 2.49. The van der Waals surface area contributed by atoms with Crippen LogP contribution in [0.25, 0.3) is 0 Å². The minimum Gasteiger partial charge on any atom is -0.581 e. The summed E-state index contributed by atoms with van der Waals surface area (Å²) in [5.74, 6) is -1.25. The number of hydrogen-bond acceptors (Lipinski definition) is 3. The van der Waals surface area contributed by atoms with Gasteiger partial charge in [0.2, 0.25) is 5.96 Å². The van der Waals surface area contributed by atoms with Crippen LogP contribution in [0.15, 0.2) is 4.40 Å². The van der Waals surface area contributed by atoms with E-state index < -0.39 is 22.1 Å². The van der Waals surface area contributed by atoms with E-state index in [4.69, 9.17) is 22.9 Å². The molecule has 0 fully saturated rings. The Balaban J connectivity index is 5.19. The smallest absolute Gasteiger partial charge is 0.382 e. The van der Waals surface area contributed by atoms with Crippen LogP contribution >= 0.6 is 0 Å². The molecule has 0 amide bonds. The minimum atomic E-state index is -4.16. The summed E-state index contributed by atoms with van der Waals surface area (Å²) in [5.41, 5.74) is 19.4. The molecule has 0 aromatic carbocycles. The molecule has 0 heterocycles. The second kappa shape index (κ2) is 3.40. The Morgan fingerprint density at radius 1 is 1.25 bits per heavy atom. The Hall–Kier alpha value is -1.29. The van der Waals surface area contributed by atoms with Crippen molar-refractivity contribution in [3.63, 3.8) is 0 Å². The first-order valence-corrected chi connectivity index (χ1v) is 4.25. The molecule has 0 aromatic rings. The van der Waals surface area contributed by atoms with Crippen molar-refractivity contribution in [2.24, 2.45) is 27.3 Å². The molecular formula is C2H8N6O2S2. The summed E-state index contributed by atoms with van der Waals surface area (Å²) in [7, 11) is -4.16. The van der Waals surface area contributed by atoms with Gasteiger partial charge in [-0.3, -0.25) is 14.9 Å². The van der Waals surface area contributed by atoms with Crippen LogP contribution < -0.4 is 22.9 Å². The monoisotopic (exact) mass is 212 g/mol. The van der Waals surface area contributed by atoms with Crippen molar-refractivity contribution < 1.29 is 11.8 Å². The molecule has 0 radical (unpaired) electrons. The van der Waals surface area contributed by atoms with Gasteiger partial charge >= 0.3 is 16.2 Å². The zero-order valence-electron chi connectivity index (χ0n) is 5.84. The average molecular weight is 212 g/mol. The maximum atomic E-state index is 10.9. The molecule has 12 heavy (non-hydrogen) atoms. The minimum absolute atomic E-state index is 0.132. The molecule has 10 heteroatoms. The molecule has 0 rings (SSSR count). The van der Waals surface area contributed by atoms with E-state index in [1.54, 1.807) is 0 Å². The lowest BCUT2D eigenvalue weighted by molar-refractivity contribution is -0.153. The lowest BCUT2D eigenvalue weighted by Crippen LogP contribution is -2.36. The number of hydrogen-bond donors (Lipinski definition) is 4. The average Bonchev–Trinajstić information content (AvgIpc) is 1.82. The fourth-order valence-corrected chi connectivity index (χ4v) is 1.01. The molecule has 0 unspecified atom stereocenters. The van der Waals surface area contributed by atoms with Crippen LogP contribution in [0.4, 0.5) is 0 Å². The molecule has 0 aromatic heterocycles. The topological polar surface area (TPSA) is 154 Å². The molecule has 0 atom stereocenters. The molecule has 8 N–H and O–H groups in total. The van der Waals surface area contributed by atoms with Crippen molar-refractivity contribution in [2.45, 2.75) is 0 Å². The molecule has 0 aliphatic rings. The Bertz CT molecular complexity index is 319. The van der Waals surface area contributed by atoms with Crippen molar-refractivity contribution in [3.05, 3.63) is 0 Å². The van der Waals surface area contributed by atoms with E-state index in [0.29, 0.717) is 0 Å². The Morgan fingerprint density at radius 2 is 1.67 bits per heavy atom. The van der Waals surface area contributed by atoms with Gasteiger partial charge in [0, 0.05) is 0 Å². The summed E-state index contributed by atoms with van der Waals surface area (Å²) >= 11 is 4.26. The van der Waals surface area contributed by atoms with Gasteiger partial charge in [-0.15, -0.1) is 0 Å². The van der Waals surface area contributed by atoms with Crippen LogP contribution in [0.5, 0.6) is 0 Å². The van der Waals surface area contributed by atoms with Gasteiger partial charge in [-0.1, -0.05) is 4.40 Å². The largest absolute Gasteiger partial charge is 0.581 e. The van der Waals surface area contributed by atoms with Gasteiger partial charge in [0.15, 0.2) is 0 Å². The summed E-state index contributed by atoms with van der Waals surface area (Å²) in [6.07, 6.45) is 0. The maximum absolute atomic E-state index is 10.9. The maximum Gasteiger partial charge on any atom is 0.382 e. The predicted molar refractivity (Wildman–Crippen MR) is 45.7 cm³/mol. The highest BCUT2D eigenvalue weighted by Crippen LogP contribution is 1.90. The number of nitrogens with two attached hydrogens (primary N) is 4. The van der Waals surface area contributed by atoms with Gasteiger partial charge < -0.3 is 24.3 Å². The van der Waals surface area contributed by atoms with Gasteiger partial charge in [0.05, 0.1) is 0 Å². The van der Waals surface area contributed by atoms with E-state index in [1.165, 1.54) is 0 Å². The molecule has 0 aliphatic carbocycles. The van der Waals surface area contributed by atoms with Crippen molar-refractivity contribution in [1.29, 1.82) is 0 Å². The zero-order chi connectivity index (χ0) is 9.94. The second-order valence-electron chi connectivity index (χ2n) is 1.65. The van der Waals surface area contributed by atoms with E-state index in [2.05, 4.69) is 17.2 Å². The van der Waals surface area contributed by atoms with Crippen molar-refractivity contribution in [3.8, 4) is 0 Å². The number of guanidine groups is 2. The van der Waals surface area contributed by atoms with Gasteiger partial charge in [0.25, 0.3) is 0 Å². The zero-order valence-corrected chi connectivity index (χ0v) is 7.47. The molecule has 0 saturated carbocycles. The van der Waals surface area contributed by atoms with Crippen molar-refractivity contribution in [2.75, 3.05) is 0 Å². The highest BCUT2D eigenvalue weighted by atomic mass is 32.3. The quantitative estimate of drug-likeness (QED) is 0.159. The standard InChI is InChI=1S/C2H8N6O2S2/c3-1(4)7-12(9,10)8(11)2(5)6/h5-6H2,(H4,3,4,7). The molecule has 0 bridgehead atoms. The number of rotatable bonds is 2. The molecule has 0 spiro atoms.